The molecule has 0 spiro atoms. The molecule has 0 aromatic carbocycles. The Morgan fingerprint density at radius 3 is 2.44 bits per heavy atom. The highest BCUT2D eigenvalue weighted by atomic mass is 16.1. The van der Waals surface area contributed by atoms with Crippen LogP contribution in [0.25, 0.3) is 0 Å². The molecule has 4 heteroatoms. The first-order valence-electron chi connectivity index (χ1n) is 6.51. The van der Waals surface area contributed by atoms with Gasteiger partial charge in [0.05, 0.1) is 5.56 Å². The summed E-state index contributed by atoms with van der Waals surface area (Å²) in [5.41, 5.74) is 1.83. The van der Waals surface area contributed by atoms with Crippen molar-refractivity contribution in [1.29, 1.82) is 0 Å². The van der Waals surface area contributed by atoms with E-state index in [0.717, 1.165) is 24.2 Å². The standard InChI is InChI=1S/C14H25N3O/c1-9(15-8-7-14(4,5)6)12-10(2)16-11(3)17-13(12)18/h9,15H,7-8H2,1-6H3,(H,16,17,18). The Morgan fingerprint density at radius 2 is 1.94 bits per heavy atom. The van der Waals surface area contributed by atoms with Gasteiger partial charge in [0, 0.05) is 11.7 Å². The van der Waals surface area contributed by atoms with E-state index in [1.807, 2.05) is 13.8 Å². The topological polar surface area (TPSA) is 57.8 Å². The van der Waals surface area contributed by atoms with Gasteiger partial charge in [-0.2, -0.15) is 0 Å². The van der Waals surface area contributed by atoms with Crippen LogP contribution in [0.5, 0.6) is 0 Å². The second-order valence-electron chi connectivity index (χ2n) is 6.14. The first kappa shape index (κ1) is 14.9. The van der Waals surface area contributed by atoms with Gasteiger partial charge in [0.25, 0.3) is 5.56 Å². The summed E-state index contributed by atoms with van der Waals surface area (Å²) < 4.78 is 0. The summed E-state index contributed by atoms with van der Waals surface area (Å²) in [6.45, 7) is 13.2. The van der Waals surface area contributed by atoms with E-state index in [-0.39, 0.29) is 11.6 Å². The Hall–Kier alpha value is -1.16. The Labute approximate surface area is 109 Å². The van der Waals surface area contributed by atoms with Crippen LogP contribution in [0.15, 0.2) is 4.79 Å². The zero-order chi connectivity index (χ0) is 13.9. The Kier molecular flexibility index (Phi) is 4.68. The summed E-state index contributed by atoms with van der Waals surface area (Å²) in [5.74, 6) is 0.670. The first-order chi connectivity index (χ1) is 8.20. The molecule has 1 atom stereocenters. The van der Waals surface area contributed by atoms with Gasteiger partial charge in [0.15, 0.2) is 0 Å². The second kappa shape index (κ2) is 5.65. The van der Waals surface area contributed by atoms with Crippen LogP contribution < -0.4 is 10.9 Å². The fraction of sp³-hybridized carbons (Fsp3) is 0.714. The number of H-pyrrole nitrogens is 1. The third-order valence-electron chi connectivity index (χ3n) is 3.02. The van der Waals surface area contributed by atoms with Gasteiger partial charge < -0.3 is 10.3 Å². The predicted molar refractivity (Wildman–Crippen MR) is 74.8 cm³/mol. The van der Waals surface area contributed by atoms with Crippen LogP contribution in [0.2, 0.25) is 0 Å². The van der Waals surface area contributed by atoms with E-state index >= 15 is 0 Å². The molecule has 0 radical (unpaired) electrons. The number of aromatic amines is 1. The second-order valence-corrected chi connectivity index (χ2v) is 6.14. The van der Waals surface area contributed by atoms with E-state index in [0.29, 0.717) is 11.2 Å². The monoisotopic (exact) mass is 251 g/mol. The quantitative estimate of drug-likeness (QED) is 0.864. The summed E-state index contributed by atoms with van der Waals surface area (Å²) in [6.07, 6.45) is 1.08. The molecule has 2 N–H and O–H groups in total. The lowest BCUT2D eigenvalue weighted by atomic mass is 9.92. The van der Waals surface area contributed by atoms with Gasteiger partial charge in [-0.05, 0) is 39.2 Å². The lowest BCUT2D eigenvalue weighted by Crippen LogP contribution is -2.29. The van der Waals surface area contributed by atoms with Crippen molar-refractivity contribution in [2.45, 2.75) is 54.0 Å². The molecule has 1 heterocycles. The van der Waals surface area contributed by atoms with Crippen LogP contribution in [0.3, 0.4) is 0 Å². The molecule has 0 aliphatic rings. The minimum Gasteiger partial charge on any atom is -0.310 e. The van der Waals surface area contributed by atoms with E-state index in [1.165, 1.54) is 0 Å². The summed E-state index contributed by atoms with van der Waals surface area (Å²) in [4.78, 5) is 19.0. The van der Waals surface area contributed by atoms with Crippen molar-refractivity contribution in [3.8, 4) is 0 Å². The van der Waals surface area contributed by atoms with Crippen LogP contribution in [0.1, 0.15) is 57.2 Å². The maximum absolute atomic E-state index is 11.9. The first-order valence-corrected chi connectivity index (χ1v) is 6.51. The van der Waals surface area contributed by atoms with Gasteiger partial charge in [-0.15, -0.1) is 0 Å². The maximum Gasteiger partial charge on any atom is 0.255 e. The molecule has 1 aromatic heterocycles. The van der Waals surface area contributed by atoms with Gasteiger partial charge in [0.2, 0.25) is 0 Å². The molecular weight excluding hydrogens is 226 g/mol. The average molecular weight is 251 g/mol. The summed E-state index contributed by atoms with van der Waals surface area (Å²) in [6, 6.07) is 0.0317. The van der Waals surface area contributed by atoms with Gasteiger partial charge in [-0.25, -0.2) is 4.98 Å². The molecule has 102 valence electrons. The molecule has 18 heavy (non-hydrogen) atoms. The van der Waals surface area contributed by atoms with Crippen molar-refractivity contribution in [3.63, 3.8) is 0 Å². The van der Waals surface area contributed by atoms with Crippen LogP contribution in [-0.2, 0) is 0 Å². The number of rotatable bonds is 4. The fourth-order valence-corrected chi connectivity index (χ4v) is 2.01. The van der Waals surface area contributed by atoms with Crippen LogP contribution in [-0.4, -0.2) is 16.5 Å². The minimum absolute atomic E-state index is 0.0317. The van der Waals surface area contributed by atoms with Crippen molar-refractivity contribution in [2.75, 3.05) is 6.54 Å². The molecule has 0 amide bonds. The summed E-state index contributed by atoms with van der Waals surface area (Å²) in [5, 5.41) is 3.40. The van der Waals surface area contributed by atoms with Gasteiger partial charge in [0.1, 0.15) is 5.82 Å². The predicted octanol–water partition coefficient (Wildman–Crippen LogP) is 2.47. The molecule has 1 aromatic rings. The molecule has 1 rings (SSSR count). The lowest BCUT2D eigenvalue weighted by molar-refractivity contribution is 0.357. The number of nitrogens with zero attached hydrogens (tertiary/aromatic N) is 1. The SMILES string of the molecule is Cc1nc(C)c(C(C)NCCC(C)(C)C)c(=O)[nH]1. The molecule has 0 aliphatic heterocycles. The van der Waals surface area contributed by atoms with Crippen molar-refractivity contribution in [1.82, 2.24) is 15.3 Å². The Balaban J connectivity index is 2.73. The lowest BCUT2D eigenvalue weighted by Gasteiger charge is -2.21. The van der Waals surface area contributed by atoms with Crippen molar-refractivity contribution < 1.29 is 0 Å². The molecule has 0 saturated heterocycles. The summed E-state index contributed by atoms with van der Waals surface area (Å²) in [7, 11) is 0. The smallest absolute Gasteiger partial charge is 0.255 e. The van der Waals surface area contributed by atoms with Crippen molar-refractivity contribution >= 4 is 0 Å². The third-order valence-corrected chi connectivity index (χ3v) is 3.02. The normalized spacial score (nSPS) is 13.7. The summed E-state index contributed by atoms with van der Waals surface area (Å²) >= 11 is 0. The van der Waals surface area contributed by atoms with Gasteiger partial charge >= 0.3 is 0 Å². The van der Waals surface area contributed by atoms with Crippen LogP contribution in [0, 0.1) is 19.3 Å². The third kappa shape index (κ3) is 4.26. The molecule has 0 saturated carbocycles. The van der Waals surface area contributed by atoms with E-state index in [9.17, 15) is 4.79 Å². The molecule has 0 fully saturated rings. The van der Waals surface area contributed by atoms with Crippen molar-refractivity contribution in [3.05, 3.63) is 27.4 Å². The highest BCUT2D eigenvalue weighted by Gasteiger charge is 2.15. The molecular formula is C14H25N3O. The molecule has 1 unspecified atom stereocenters. The zero-order valence-corrected chi connectivity index (χ0v) is 12.3. The van der Waals surface area contributed by atoms with E-state index in [2.05, 4.69) is 36.1 Å². The van der Waals surface area contributed by atoms with Crippen molar-refractivity contribution in [2.24, 2.45) is 5.41 Å². The average Bonchev–Trinajstić information content (AvgIpc) is 2.13. The van der Waals surface area contributed by atoms with Gasteiger partial charge in [-0.3, -0.25) is 4.79 Å². The molecule has 4 nitrogen and oxygen atoms in total. The van der Waals surface area contributed by atoms with Crippen LogP contribution >= 0.6 is 0 Å². The van der Waals surface area contributed by atoms with Crippen LogP contribution in [0.4, 0.5) is 0 Å². The molecule has 0 bridgehead atoms. The Bertz CT molecular complexity index is 457. The largest absolute Gasteiger partial charge is 0.310 e. The zero-order valence-electron chi connectivity index (χ0n) is 12.3. The number of nitrogens with one attached hydrogen (secondary N) is 2. The Morgan fingerprint density at radius 1 is 1.33 bits per heavy atom. The minimum atomic E-state index is -0.0317. The highest BCUT2D eigenvalue weighted by molar-refractivity contribution is 5.19. The number of aromatic nitrogens is 2. The van der Waals surface area contributed by atoms with Gasteiger partial charge in [-0.1, -0.05) is 20.8 Å². The molecule has 0 aliphatic carbocycles. The van der Waals surface area contributed by atoms with E-state index in [1.54, 1.807) is 6.92 Å². The number of hydrogen-bond donors (Lipinski definition) is 2. The van der Waals surface area contributed by atoms with E-state index < -0.39 is 0 Å². The number of hydrogen-bond acceptors (Lipinski definition) is 3. The number of aryl methyl sites for hydroxylation is 2. The fourth-order valence-electron chi connectivity index (χ4n) is 2.01. The van der Waals surface area contributed by atoms with E-state index in [4.69, 9.17) is 0 Å². The highest BCUT2D eigenvalue weighted by Crippen LogP contribution is 2.18. The maximum atomic E-state index is 11.9.